The summed E-state index contributed by atoms with van der Waals surface area (Å²) < 4.78 is 8.00. The number of hydrogen-bond acceptors (Lipinski definition) is 4. The Balaban J connectivity index is 1.51. The van der Waals surface area contributed by atoms with E-state index in [2.05, 4.69) is 9.55 Å². The predicted octanol–water partition coefficient (Wildman–Crippen LogP) is 2.65. The maximum Gasteiger partial charge on any atom is 0.255 e. The molecule has 4 rings (SSSR count). The fourth-order valence-corrected chi connectivity index (χ4v) is 3.88. The van der Waals surface area contributed by atoms with Crippen molar-refractivity contribution in [3.05, 3.63) is 40.1 Å². The first-order valence-electron chi connectivity index (χ1n) is 8.11. The SMILES string of the molecule is Cn1cnc2c1[C@@H](COCC1CC1)CN(C(=O)c1ccsc1)C2. The molecule has 0 radical (unpaired) electrons. The van der Waals surface area contributed by atoms with Crippen molar-refractivity contribution in [2.75, 3.05) is 19.8 Å². The molecule has 1 saturated carbocycles. The van der Waals surface area contributed by atoms with Gasteiger partial charge in [-0.1, -0.05) is 0 Å². The van der Waals surface area contributed by atoms with Crippen molar-refractivity contribution in [2.24, 2.45) is 13.0 Å². The van der Waals surface area contributed by atoms with Crippen molar-refractivity contribution in [3.8, 4) is 0 Å². The zero-order chi connectivity index (χ0) is 15.8. The van der Waals surface area contributed by atoms with Gasteiger partial charge >= 0.3 is 0 Å². The van der Waals surface area contributed by atoms with Crippen molar-refractivity contribution in [2.45, 2.75) is 25.3 Å². The first-order chi connectivity index (χ1) is 11.2. The Morgan fingerprint density at radius 3 is 3.04 bits per heavy atom. The van der Waals surface area contributed by atoms with Crippen LogP contribution in [0.5, 0.6) is 0 Å². The van der Waals surface area contributed by atoms with Crippen LogP contribution in [-0.2, 0) is 18.3 Å². The van der Waals surface area contributed by atoms with Crippen LogP contribution in [-0.4, -0.2) is 40.1 Å². The minimum atomic E-state index is 0.0924. The van der Waals surface area contributed by atoms with Gasteiger partial charge in [-0.05, 0) is 30.2 Å². The van der Waals surface area contributed by atoms with Crippen LogP contribution in [0, 0.1) is 5.92 Å². The molecule has 122 valence electrons. The molecule has 0 saturated heterocycles. The van der Waals surface area contributed by atoms with E-state index in [1.807, 2.05) is 35.1 Å². The van der Waals surface area contributed by atoms with E-state index in [0.29, 0.717) is 19.7 Å². The summed E-state index contributed by atoms with van der Waals surface area (Å²) in [5.74, 6) is 1.05. The van der Waals surface area contributed by atoms with Crippen LogP contribution < -0.4 is 0 Å². The molecule has 1 atom stereocenters. The third-order valence-electron chi connectivity index (χ3n) is 4.66. The average Bonchev–Trinajstić information content (AvgIpc) is 3.07. The molecule has 0 aromatic carbocycles. The van der Waals surface area contributed by atoms with Gasteiger partial charge in [0.2, 0.25) is 0 Å². The number of fused-ring (bicyclic) bond motifs is 1. The van der Waals surface area contributed by atoms with Gasteiger partial charge in [0.15, 0.2) is 0 Å². The van der Waals surface area contributed by atoms with Crippen molar-refractivity contribution in [3.63, 3.8) is 0 Å². The van der Waals surface area contributed by atoms with E-state index in [1.54, 1.807) is 11.3 Å². The standard InChI is InChI=1S/C17H21N3O2S/c1-19-11-18-15-7-20(17(21)13-4-5-23-10-13)6-14(16(15)19)9-22-8-12-2-3-12/h4-5,10-12,14H,2-3,6-9H2,1H3/t14-/m1/s1. The summed E-state index contributed by atoms with van der Waals surface area (Å²) in [6.07, 6.45) is 4.44. The molecule has 0 spiro atoms. The van der Waals surface area contributed by atoms with Crippen LogP contribution in [0.25, 0.3) is 0 Å². The quantitative estimate of drug-likeness (QED) is 0.846. The molecular formula is C17H21N3O2S. The zero-order valence-corrected chi connectivity index (χ0v) is 14.1. The Morgan fingerprint density at radius 2 is 2.30 bits per heavy atom. The van der Waals surface area contributed by atoms with E-state index in [-0.39, 0.29) is 11.8 Å². The second-order valence-corrected chi connectivity index (χ2v) is 7.34. The number of rotatable bonds is 5. The number of aryl methyl sites for hydroxylation is 1. The summed E-state index contributed by atoms with van der Waals surface area (Å²) in [6.45, 7) is 2.80. The highest BCUT2D eigenvalue weighted by Gasteiger charge is 2.32. The Bertz CT molecular complexity index is 691. The van der Waals surface area contributed by atoms with E-state index in [4.69, 9.17) is 4.74 Å². The number of carbonyl (C=O) groups is 1. The van der Waals surface area contributed by atoms with Gasteiger partial charge in [0, 0.05) is 37.2 Å². The topological polar surface area (TPSA) is 47.4 Å². The van der Waals surface area contributed by atoms with E-state index in [9.17, 15) is 4.79 Å². The lowest BCUT2D eigenvalue weighted by molar-refractivity contribution is 0.0619. The van der Waals surface area contributed by atoms with Gasteiger partial charge in [-0.15, -0.1) is 0 Å². The molecule has 5 nitrogen and oxygen atoms in total. The van der Waals surface area contributed by atoms with Crippen LogP contribution in [0.4, 0.5) is 0 Å². The van der Waals surface area contributed by atoms with Crippen molar-refractivity contribution < 1.29 is 9.53 Å². The number of hydrogen-bond donors (Lipinski definition) is 0. The molecule has 1 fully saturated rings. The Labute approximate surface area is 139 Å². The third-order valence-corrected chi connectivity index (χ3v) is 5.34. The molecule has 23 heavy (non-hydrogen) atoms. The Hall–Kier alpha value is -1.66. The van der Waals surface area contributed by atoms with Gasteiger partial charge in [0.1, 0.15) is 0 Å². The number of carbonyl (C=O) groups excluding carboxylic acids is 1. The highest BCUT2D eigenvalue weighted by atomic mass is 32.1. The number of thiophene rings is 1. The molecule has 0 bridgehead atoms. The molecule has 0 unspecified atom stereocenters. The Morgan fingerprint density at radius 1 is 1.43 bits per heavy atom. The molecule has 1 aliphatic carbocycles. The van der Waals surface area contributed by atoms with Crippen molar-refractivity contribution >= 4 is 17.2 Å². The van der Waals surface area contributed by atoms with Gasteiger partial charge in [0.25, 0.3) is 5.91 Å². The molecule has 3 heterocycles. The third kappa shape index (κ3) is 3.05. The number of aromatic nitrogens is 2. The normalized spacial score (nSPS) is 20.6. The monoisotopic (exact) mass is 331 g/mol. The minimum Gasteiger partial charge on any atom is -0.380 e. The number of ether oxygens (including phenoxy) is 1. The van der Waals surface area contributed by atoms with Crippen molar-refractivity contribution in [1.82, 2.24) is 14.5 Å². The first-order valence-corrected chi connectivity index (χ1v) is 9.06. The minimum absolute atomic E-state index is 0.0924. The summed E-state index contributed by atoms with van der Waals surface area (Å²) in [4.78, 5) is 19.1. The summed E-state index contributed by atoms with van der Waals surface area (Å²) in [5, 5.41) is 3.86. The van der Waals surface area contributed by atoms with Crippen molar-refractivity contribution in [1.29, 1.82) is 0 Å². The maximum absolute atomic E-state index is 12.7. The summed E-state index contributed by atoms with van der Waals surface area (Å²) in [6, 6.07) is 1.89. The maximum atomic E-state index is 12.7. The average molecular weight is 331 g/mol. The molecule has 6 heteroatoms. The van der Waals surface area contributed by atoms with Gasteiger partial charge in [-0.25, -0.2) is 4.98 Å². The highest BCUT2D eigenvalue weighted by molar-refractivity contribution is 7.08. The molecule has 0 N–H and O–H groups in total. The fraction of sp³-hybridized carbons (Fsp3) is 0.529. The van der Waals surface area contributed by atoms with Gasteiger partial charge in [-0.3, -0.25) is 4.79 Å². The number of imidazole rings is 1. The number of nitrogens with zero attached hydrogens (tertiary/aromatic N) is 3. The second-order valence-electron chi connectivity index (χ2n) is 6.56. The smallest absolute Gasteiger partial charge is 0.255 e. The van der Waals surface area contributed by atoms with E-state index < -0.39 is 0 Å². The molecule has 2 aliphatic rings. The molecule has 2 aromatic rings. The fourth-order valence-electron chi connectivity index (χ4n) is 3.25. The Kier molecular flexibility index (Phi) is 3.95. The predicted molar refractivity (Wildman–Crippen MR) is 88.6 cm³/mol. The van der Waals surface area contributed by atoms with Crippen LogP contribution >= 0.6 is 11.3 Å². The summed E-state index contributed by atoms with van der Waals surface area (Å²) >= 11 is 1.55. The van der Waals surface area contributed by atoms with Crippen LogP contribution in [0.2, 0.25) is 0 Å². The molecule has 2 aromatic heterocycles. The largest absolute Gasteiger partial charge is 0.380 e. The van der Waals surface area contributed by atoms with Crippen LogP contribution in [0.3, 0.4) is 0 Å². The first kappa shape index (κ1) is 14.9. The summed E-state index contributed by atoms with van der Waals surface area (Å²) in [5.41, 5.74) is 2.99. The molecule has 1 aliphatic heterocycles. The van der Waals surface area contributed by atoms with E-state index >= 15 is 0 Å². The van der Waals surface area contributed by atoms with Gasteiger partial charge < -0.3 is 14.2 Å². The lowest BCUT2D eigenvalue weighted by atomic mass is 9.98. The van der Waals surface area contributed by atoms with Gasteiger partial charge in [0.05, 0.1) is 30.7 Å². The molecular weight excluding hydrogens is 310 g/mol. The lowest BCUT2D eigenvalue weighted by Gasteiger charge is -2.32. The second kappa shape index (κ2) is 6.09. The van der Waals surface area contributed by atoms with Gasteiger partial charge in [-0.2, -0.15) is 11.3 Å². The lowest BCUT2D eigenvalue weighted by Crippen LogP contribution is -2.40. The van der Waals surface area contributed by atoms with E-state index in [0.717, 1.165) is 23.8 Å². The highest BCUT2D eigenvalue weighted by Crippen LogP contribution is 2.31. The van der Waals surface area contributed by atoms with Crippen LogP contribution in [0.15, 0.2) is 23.2 Å². The summed E-state index contributed by atoms with van der Waals surface area (Å²) in [7, 11) is 2.02. The zero-order valence-electron chi connectivity index (χ0n) is 13.3. The van der Waals surface area contributed by atoms with Crippen LogP contribution in [0.1, 0.15) is 40.5 Å². The molecule has 1 amide bonds. The number of amides is 1. The van der Waals surface area contributed by atoms with E-state index in [1.165, 1.54) is 18.5 Å².